The maximum atomic E-state index is 11.2. The molecular weight excluding hydrogens is 234 g/mol. The van der Waals surface area contributed by atoms with E-state index >= 15 is 0 Å². The van der Waals surface area contributed by atoms with Crippen molar-refractivity contribution in [3.05, 3.63) is 0 Å². The number of sulfone groups is 1. The Kier molecular flexibility index (Phi) is 5.93. The van der Waals surface area contributed by atoms with Crippen LogP contribution in [-0.4, -0.2) is 33.5 Å². The predicted molar refractivity (Wildman–Crippen MR) is 72.9 cm³/mol. The molecule has 0 aliphatic heterocycles. The van der Waals surface area contributed by atoms with Crippen molar-refractivity contribution >= 4 is 9.84 Å². The van der Waals surface area contributed by atoms with Gasteiger partial charge >= 0.3 is 0 Å². The molecule has 1 aliphatic rings. The van der Waals surface area contributed by atoms with Crippen molar-refractivity contribution in [3.63, 3.8) is 0 Å². The second-order valence-electron chi connectivity index (χ2n) is 5.50. The molecule has 3 nitrogen and oxygen atoms in total. The molecule has 1 atom stereocenters. The molecule has 102 valence electrons. The first-order valence-electron chi connectivity index (χ1n) is 6.81. The molecule has 0 spiro atoms. The topological polar surface area (TPSA) is 46.2 Å². The first-order chi connectivity index (χ1) is 7.96. The van der Waals surface area contributed by atoms with Crippen molar-refractivity contribution in [2.75, 3.05) is 19.1 Å². The maximum absolute atomic E-state index is 11.2. The van der Waals surface area contributed by atoms with Crippen LogP contribution in [0.3, 0.4) is 0 Å². The first kappa shape index (κ1) is 15.0. The highest BCUT2D eigenvalue weighted by Gasteiger charge is 2.26. The molecule has 0 aromatic heterocycles. The SMILES string of the molecule is CCC1CCC(C(CCS(C)(=O)=O)NC)CC1. The average molecular weight is 261 g/mol. The van der Waals surface area contributed by atoms with E-state index in [4.69, 9.17) is 0 Å². The Morgan fingerprint density at radius 1 is 1.24 bits per heavy atom. The van der Waals surface area contributed by atoms with Gasteiger partial charge < -0.3 is 5.32 Å². The molecule has 1 fully saturated rings. The summed E-state index contributed by atoms with van der Waals surface area (Å²) in [6, 6.07) is 0.377. The average Bonchev–Trinajstić information content (AvgIpc) is 2.29. The van der Waals surface area contributed by atoms with Crippen molar-refractivity contribution in [2.24, 2.45) is 11.8 Å². The van der Waals surface area contributed by atoms with Crippen LogP contribution in [0.4, 0.5) is 0 Å². The van der Waals surface area contributed by atoms with Crippen LogP contribution in [0.2, 0.25) is 0 Å². The van der Waals surface area contributed by atoms with Gasteiger partial charge in [-0.15, -0.1) is 0 Å². The van der Waals surface area contributed by atoms with Crippen LogP contribution in [0.1, 0.15) is 45.4 Å². The smallest absolute Gasteiger partial charge is 0.147 e. The van der Waals surface area contributed by atoms with Crippen LogP contribution in [0.25, 0.3) is 0 Å². The number of rotatable bonds is 6. The molecule has 0 bridgehead atoms. The van der Waals surface area contributed by atoms with Crippen molar-refractivity contribution in [3.8, 4) is 0 Å². The lowest BCUT2D eigenvalue weighted by Gasteiger charge is -2.33. The Balaban J connectivity index is 2.41. The van der Waals surface area contributed by atoms with Gasteiger partial charge in [0.2, 0.25) is 0 Å². The fourth-order valence-corrected chi connectivity index (χ4v) is 3.64. The second-order valence-corrected chi connectivity index (χ2v) is 7.76. The third kappa shape index (κ3) is 5.38. The minimum absolute atomic E-state index is 0.312. The van der Waals surface area contributed by atoms with Gasteiger partial charge in [-0.3, -0.25) is 0 Å². The summed E-state index contributed by atoms with van der Waals surface area (Å²) in [6.45, 7) is 2.27. The Bertz CT molecular complexity index is 305. The normalized spacial score (nSPS) is 27.9. The van der Waals surface area contributed by atoms with Crippen molar-refractivity contribution < 1.29 is 8.42 Å². The molecular formula is C13H27NO2S. The fraction of sp³-hybridized carbons (Fsp3) is 1.00. The molecule has 0 amide bonds. The zero-order valence-electron chi connectivity index (χ0n) is 11.4. The summed E-state index contributed by atoms with van der Waals surface area (Å²) in [7, 11) is -0.866. The highest BCUT2D eigenvalue weighted by Crippen LogP contribution is 2.33. The van der Waals surface area contributed by atoms with E-state index in [1.54, 1.807) is 0 Å². The fourth-order valence-electron chi connectivity index (χ4n) is 2.96. The van der Waals surface area contributed by atoms with Crippen LogP contribution in [0.5, 0.6) is 0 Å². The summed E-state index contributed by atoms with van der Waals surface area (Å²) in [6.07, 6.45) is 8.53. The van der Waals surface area contributed by atoms with Crippen LogP contribution in [-0.2, 0) is 9.84 Å². The Morgan fingerprint density at radius 2 is 1.82 bits per heavy atom. The lowest BCUT2D eigenvalue weighted by molar-refractivity contribution is 0.220. The lowest BCUT2D eigenvalue weighted by Crippen LogP contribution is -2.37. The van der Waals surface area contributed by atoms with Crippen LogP contribution < -0.4 is 5.32 Å². The monoisotopic (exact) mass is 261 g/mol. The quantitative estimate of drug-likeness (QED) is 0.797. The molecule has 1 aliphatic carbocycles. The van der Waals surface area contributed by atoms with Gasteiger partial charge in [0.05, 0.1) is 5.75 Å². The van der Waals surface area contributed by atoms with E-state index in [9.17, 15) is 8.42 Å². The zero-order chi connectivity index (χ0) is 12.9. The van der Waals surface area contributed by atoms with E-state index in [2.05, 4.69) is 12.2 Å². The van der Waals surface area contributed by atoms with Gasteiger partial charge in [-0.25, -0.2) is 8.42 Å². The molecule has 0 heterocycles. The molecule has 4 heteroatoms. The van der Waals surface area contributed by atoms with Gasteiger partial charge in [0.1, 0.15) is 9.84 Å². The Morgan fingerprint density at radius 3 is 2.24 bits per heavy atom. The van der Waals surface area contributed by atoms with Crippen molar-refractivity contribution in [1.82, 2.24) is 5.32 Å². The summed E-state index contributed by atoms with van der Waals surface area (Å²) in [5.74, 6) is 1.88. The van der Waals surface area contributed by atoms with Gasteiger partial charge in [-0.05, 0) is 38.1 Å². The standard InChI is InChI=1S/C13H27NO2S/c1-4-11-5-7-12(8-6-11)13(14-2)9-10-17(3,15)16/h11-14H,4-10H2,1-3H3. The molecule has 17 heavy (non-hydrogen) atoms. The van der Waals surface area contributed by atoms with Gasteiger partial charge in [0, 0.05) is 12.3 Å². The lowest BCUT2D eigenvalue weighted by atomic mass is 9.77. The van der Waals surface area contributed by atoms with E-state index in [1.165, 1.54) is 38.4 Å². The molecule has 1 N–H and O–H groups in total. The van der Waals surface area contributed by atoms with E-state index in [1.807, 2.05) is 7.05 Å². The summed E-state index contributed by atoms with van der Waals surface area (Å²) >= 11 is 0. The molecule has 1 rings (SSSR count). The van der Waals surface area contributed by atoms with Crippen molar-refractivity contribution in [1.29, 1.82) is 0 Å². The van der Waals surface area contributed by atoms with Gasteiger partial charge in [-0.2, -0.15) is 0 Å². The molecule has 1 saturated carbocycles. The van der Waals surface area contributed by atoms with E-state index in [0.717, 1.165) is 12.3 Å². The van der Waals surface area contributed by atoms with Crippen molar-refractivity contribution in [2.45, 2.75) is 51.5 Å². The minimum Gasteiger partial charge on any atom is -0.317 e. The van der Waals surface area contributed by atoms with Crippen LogP contribution >= 0.6 is 0 Å². The number of hydrogen-bond donors (Lipinski definition) is 1. The molecule has 0 radical (unpaired) electrons. The van der Waals surface area contributed by atoms with Crippen LogP contribution in [0.15, 0.2) is 0 Å². The maximum Gasteiger partial charge on any atom is 0.147 e. The molecule has 0 aromatic rings. The summed E-state index contributed by atoms with van der Waals surface area (Å²) in [4.78, 5) is 0. The van der Waals surface area contributed by atoms with E-state index in [-0.39, 0.29) is 0 Å². The van der Waals surface area contributed by atoms with Gasteiger partial charge in [-0.1, -0.05) is 26.2 Å². The highest BCUT2D eigenvalue weighted by molar-refractivity contribution is 7.90. The number of hydrogen-bond acceptors (Lipinski definition) is 3. The molecule has 0 aromatic carbocycles. The van der Waals surface area contributed by atoms with Gasteiger partial charge in [0.15, 0.2) is 0 Å². The van der Waals surface area contributed by atoms with Gasteiger partial charge in [0.25, 0.3) is 0 Å². The minimum atomic E-state index is -2.82. The number of nitrogens with one attached hydrogen (secondary N) is 1. The Hall–Kier alpha value is -0.0900. The summed E-state index contributed by atoms with van der Waals surface area (Å²) in [5.41, 5.74) is 0. The largest absolute Gasteiger partial charge is 0.317 e. The highest BCUT2D eigenvalue weighted by atomic mass is 32.2. The second kappa shape index (κ2) is 6.74. The third-order valence-corrected chi connectivity index (χ3v) is 5.19. The Labute approximate surface area is 106 Å². The molecule has 1 unspecified atom stereocenters. The molecule has 0 saturated heterocycles. The summed E-state index contributed by atoms with van der Waals surface area (Å²) in [5, 5.41) is 3.31. The zero-order valence-corrected chi connectivity index (χ0v) is 12.2. The van der Waals surface area contributed by atoms with E-state index < -0.39 is 9.84 Å². The third-order valence-electron chi connectivity index (χ3n) is 4.21. The van der Waals surface area contributed by atoms with E-state index in [0.29, 0.717) is 17.7 Å². The first-order valence-corrected chi connectivity index (χ1v) is 8.87. The predicted octanol–water partition coefficient (Wildman–Crippen LogP) is 2.23. The van der Waals surface area contributed by atoms with Crippen LogP contribution in [0, 0.1) is 11.8 Å². The summed E-state index contributed by atoms with van der Waals surface area (Å²) < 4.78 is 22.4.